The van der Waals surface area contributed by atoms with Gasteiger partial charge in [0.05, 0.1) is 5.69 Å². The molecule has 3 rings (SSSR count). The van der Waals surface area contributed by atoms with Crippen molar-refractivity contribution >= 4 is 23.4 Å². The molecule has 20 heavy (non-hydrogen) atoms. The monoisotopic (exact) mass is 290 g/mol. The summed E-state index contributed by atoms with van der Waals surface area (Å²) in [5, 5.41) is 3.17. The van der Waals surface area contributed by atoms with Gasteiger partial charge in [0.25, 0.3) is 5.91 Å². The van der Waals surface area contributed by atoms with Gasteiger partial charge in [-0.05, 0) is 38.0 Å². The smallest absolute Gasteiger partial charge is 0.251 e. The molecule has 0 saturated heterocycles. The maximum atomic E-state index is 12.3. The van der Waals surface area contributed by atoms with Crippen molar-refractivity contribution in [3.05, 3.63) is 23.8 Å². The zero-order valence-electron chi connectivity index (χ0n) is 12.0. The van der Waals surface area contributed by atoms with Gasteiger partial charge in [0.1, 0.15) is 0 Å². The molecular formula is C16H22N2OS. The van der Waals surface area contributed by atoms with Crippen LogP contribution in [0.4, 0.5) is 5.69 Å². The maximum absolute atomic E-state index is 12.3. The number of hydrogen-bond acceptors (Lipinski definition) is 3. The molecule has 4 heteroatoms. The van der Waals surface area contributed by atoms with Crippen molar-refractivity contribution in [1.29, 1.82) is 0 Å². The fraction of sp³-hybridized carbons (Fsp3) is 0.562. The van der Waals surface area contributed by atoms with E-state index in [2.05, 4.69) is 29.3 Å². The van der Waals surface area contributed by atoms with Gasteiger partial charge in [0.15, 0.2) is 0 Å². The van der Waals surface area contributed by atoms with Gasteiger partial charge in [0, 0.05) is 35.3 Å². The number of anilines is 1. The van der Waals surface area contributed by atoms with E-state index in [1.807, 2.05) is 17.8 Å². The van der Waals surface area contributed by atoms with Crippen LogP contribution in [-0.4, -0.2) is 30.8 Å². The van der Waals surface area contributed by atoms with Gasteiger partial charge < -0.3 is 10.2 Å². The highest BCUT2D eigenvalue weighted by Gasteiger charge is 2.21. The molecule has 1 saturated carbocycles. The summed E-state index contributed by atoms with van der Waals surface area (Å²) >= 11 is 1.89. The summed E-state index contributed by atoms with van der Waals surface area (Å²) < 4.78 is 0. The van der Waals surface area contributed by atoms with Gasteiger partial charge in [-0.15, -0.1) is 11.8 Å². The quantitative estimate of drug-likeness (QED) is 0.927. The van der Waals surface area contributed by atoms with E-state index < -0.39 is 0 Å². The van der Waals surface area contributed by atoms with E-state index >= 15 is 0 Å². The molecule has 1 N–H and O–H groups in total. The van der Waals surface area contributed by atoms with Crippen LogP contribution < -0.4 is 10.2 Å². The molecule has 3 nitrogen and oxygen atoms in total. The molecule has 1 aromatic rings. The number of carbonyl (C=O) groups excluding carboxylic acids is 1. The third kappa shape index (κ3) is 2.80. The van der Waals surface area contributed by atoms with Gasteiger partial charge in [-0.1, -0.05) is 12.8 Å². The van der Waals surface area contributed by atoms with Crippen molar-refractivity contribution in [3.63, 3.8) is 0 Å². The topological polar surface area (TPSA) is 32.3 Å². The predicted molar refractivity (Wildman–Crippen MR) is 84.8 cm³/mol. The molecule has 0 aromatic heterocycles. The fourth-order valence-electron chi connectivity index (χ4n) is 3.08. The molecule has 1 aliphatic heterocycles. The van der Waals surface area contributed by atoms with E-state index in [-0.39, 0.29) is 5.91 Å². The standard InChI is InChI=1S/C16H22N2OS/c1-2-18-9-10-20-15-8-7-12(11-14(15)18)16(19)17-13-5-3-4-6-13/h7-8,11,13H,2-6,9-10H2,1H3,(H,17,19). The summed E-state index contributed by atoms with van der Waals surface area (Å²) in [4.78, 5) is 16.0. The molecule has 0 atom stereocenters. The number of carbonyl (C=O) groups is 1. The largest absolute Gasteiger partial charge is 0.370 e. The number of hydrogen-bond donors (Lipinski definition) is 1. The van der Waals surface area contributed by atoms with E-state index in [0.29, 0.717) is 6.04 Å². The maximum Gasteiger partial charge on any atom is 0.251 e. The van der Waals surface area contributed by atoms with Gasteiger partial charge >= 0.3 is 0 Å². The third-order valence-corrected chi connectivity index (χ3v) is 5.30. The van der Waals surface area contributed by atoms with Crippen LogP contribution in [0.2, 0.25) is 0 Å². The lowest BCUT2D eigenvalue weighted by molar-refractivity contribution is 0.0938. The Hall–Kier alpha value is -1.16. The average molecular weight is 290 g/mol. The molecule has 0 spiro atoms. The zero-order valence-corrected chi connectivity index (χ0v) is 12.8. The third-order valence-electron chi connectivity index (χ3n) is 4.25. The van der Waals surface area contributed by atoms with Crippen molar-refractivity contribution in [1.82, 2.24) is 5.32 Å². The van der Waals surface area contributed by atoms with Crippen LogP contribution in [0, 0.1) is 0 Å². The molecule has 1 heterocycles. The lowest BCUT2D eigenvalue weighted by Crippen LogP contribution is -2.33. The first-order valence-electron chi connectivity index (χ1n) is 7.60. The first kappa shape index (κ1) is 13.8. The Balaban J connectivity index is 1.78. The first-order chi connectivity index (χ1) is 9.78. The Kier molecular flexibility index (Phi) is 4.20. The van der Waals surface area contributed by atoms with Crippen LogP contribution in [0.25, 0.3) is 0 Å². The van der Waals surface area contributed by atoms with Gasteiger partial charge in [-0.3, -0.25) is 4.79 Å². The Morgan fingerprint density at radius 3 is 2.95 bits per heavy atom. The number of thioether (sulfide) groups is 1. The molecule has 1 aromatic carbocycles. The molecule has 0 unspecified atom stereocenters. The Morgan fingerprint density at radius 1 is 1.40 bits per heavy atom. The van der Waals surface area contributed by atoms with Crippen LogP contribution in [0.3, 0.4) is 0 Å². The second kappa shape index (κ2) is 6.08. The van der Waals surface area contributed by atoms with E-state index in [1.54, 1.807) is 0 Å². The highest BCUT2D eigenvalue weighted by atomic mass is 32.2. The van der Waals surface area contributed by atoms with Crippen molar-refractivity contribution in [3.8, 4) is 0 Å². The minimum Gasteiger partial charge on any atom is -0.370 e. The minimum absolute atomic E-state index is 0.0892. The van der Waals surface area contributed by atoms with Gasteiger partial charge in [0.2, 0.25) is 0 Å². The second-order valence-electron chi connectivity index (χ2n) is 5.57. The van der Waals surface area contributed by atoms with Crippen molar-refractivity contribution in [2.75, 3.05) is 23.7 Å². The summed E-state index contributed by atoms with van der Waals surface area (Å²) in [5.74, 6) is 1.22. The van der Waals surface area contributed by atoms with E-state index in [4.69, 9.17) is 0 Å². The lowest BCUT2D eigenvalue weighted by atomic mass is 10.1. The van der Waals surface area contributed by atoms with Crippen molar-refractivity contribution < 1.29 is 4.79 Å². The van der Waals surface area contributed by atoms with Gasteiger partial charge in [-0.25, -0.2) is 0 Å². The summed E-state index contributed by atoms with van der Waals surface area (Å²) in [6, 6.07) is 6.52. The van der Waals surface area contributed by atoms with Crippen LogP contribution in [-0.2, 0) is 0 Å². The summed E-state index contributed by atoms with van der Waals surface area (Å²) in [6.45, 7) is 4.24. The minimum atomic E-state index is 0.0892. The molecule has 2 aliphatic rings. The number of benzene rings is 1. The average Bonchev–Trinajstić information content (AvgIpc) is 2.99. The van der Waals surface area contributed by atoms with Crippen LogP contribution in [0.1, 0.15) is 43.0 Å². The SMILES string of the molecule is CCN1CCSc2ccc(C(=O)NC3CCCC3)cc21. The number of nitrogens with one attached hydrogen (secondary N) is 1. The molecular weight excluding hydrogens is 268 g/mol. The van der Waals surface area contributed by atoms with E-state index in [9.17, 15) is 4.79 Å². The predicted octanol–water partition coefficient (Wildman–Crippen LogP) is 3.29. The fourth-order valence-corrected chi connectivity index (χ4v) is 4.11. The lowest BCUT2D eigenvalue weighted by Gasteiger charge is -2.30. The summed E-state index contributed by atoms with van der Waals surface area (Å²) in [5.41, 5.74) is 2.03. The van der Waals surface area contributed by atoms with Crippen LogP contribution >= 0.6 is 11.8 Å². The summed E-state index contributed by atoms with van der Waals surface area (Å²) in [7, 11) is 0. The Morgan fingerprint density at radius 2 is 2.20 bits per heavy atom. The molecule has 1 aliphatic carbocycles. The van der Waals surface area contributed by atoms with Crippen LogP contribution in [0.15, 0.2) is 23.1 Å². The highest BCUT2D eigenvalue weighted by Crippen LogP contribution is 2.35. The molecule has 108 valence electrons. The Bertz CT molecular complexity index is 497. The van der Waals surface area contributed by atoms with E-state index in [0.717, 1.165) is 37.2 Å². The second-order valence-corrected chi connectivity index (χ2v) is 6.70. The molecule has 0 radical (unpaired) electrons. The number of fused-ring (bicyclic) bond motifs is 1. The van der Waals surface area contributed by atoms with E-state index in [1.165, 1.54) is 23.4 Å². The summed E-state index contributed by atoms with van der Waals surface area (Å²) in [6.07, 6.45) is 4.76. The molecule has 0 bridgehead atoms. The number of nitrogens with zero attached hydrogens (tertiary/aromatic N) is 1. The number of amides is 1. The zero-order chi connectivity index (χ0) is 13.9. The first-order valence-corrected chi connectivity index (χ1v) is 8.59. The molecule has 1 amide bonds. The number of rotatable bonds is 3. The van der Waals surface area contributed by atoms with Crippen LogP contribution in [0.5, 0.6) is 0 Å². The van der Waals surface area contributed by atoms with Gasteiger partial charge in [-0.2, -0.15) is 0 Å². The Labute approximate surface area is 125 Å². The normalized spacial score (nSPS) is 18.9. The van der Waals surface area contributed by atoms with Crippen molar-refractivity contribution in [2.24, 2.45) is 0 Å². The van der Waals surface area contributed by atoms with Crippen molar-refractivity contribution in [2.45, 2.75) is 43.5 Å². The highest BCUT2D eigenvalue weighted by molar-refractivity contribution is 7.99. The molecule has 1 fully saturated rings.